The molecule has 2 amide bonds. The van der Waals surface area contributed by atoms with E-state index < -0.39 is 0 Å². The summed E-state index contributed by atoms with van der Waals surface area (Å²) in [5.74, 6) is 1.21. The third-order valence-corrected chi connectivity index (χ3v) is 5.24. The summed E-state index contributed by atoms with van der Waals surface area (Å²) in [7, 11) is 1.55. The SMILES string of the molecule is COc1ccc(C(=O)N2CCCC2)cc1NC(=O)c1ccc(CSC)cc1. The van der Waals surface area contributed by atoms with Crippen molar-refractivity contribution in [2.75, 3.05) is 31.8 Å². The van der Waals surface area contributed by atoms with E-state index in [4.69, 9.17) is 4.74 Å². The summed E-state index contributed by atoms with van der Waals surface area (Å²) in [6, 6.07) is 12.7. The van der Waals surface area contributed by atoms with Crippen LogP contribution in [0.25, 0.3) is 0 Å². The molecule has 27 heavy (non-hydrogen) atoms. The number of nitrogens with zero attached hydrogens (tertiary/aromatic N) is 1. The van der Waals surface area contributed by atoms with Crippen LogP contribution in [0.2, 0.25) is 0 Å². The third-order valence-electron chi connectivity index (χ3n) is 4.62. The number of anilines is 1. The summed E-state index contributed by atoms with van der Waals surface area (Å²) >= 11 is 1.74. The van der Waals surface area contributed by atoms with Crippen LogP contribution in [0.1, 0.15) is 39.1 Å². The normalized spacial score (nSPS) is 13.5. The predicted octanol–water partition coefficient (Wildman–Crippen LogP) is 4.05. The molecule has 0 saturated carbocycles. The van der Waals surface area contributed by atoms with E-state index in [0.717, 1.165) is 31.7 Å². The van der Waals surface area contributed by atoms with E-state index in [2.05, 4.69) is 5.32 Å². The fourth-order valence-corrected chi connectivity index (χ4v) is 3.68. The Labute approximate surface area is 164 Å². The Hall–Kier alpha value is -2.47. The Balaban J connectivity index is 1.78. The molecule has 3 rings (SSSR count). The molecule has 0 unspecified atom stereocenters. The number of methoxy groups -OCH3 is 1. The van der Waals surface area contributed by atoms with Crippen molar-refractivity contribution < 1.29 is 14.3 Å². The zero-order valence-electron chi connectivity index (χ0n) is 15.7. The van der Waals surface area contributed by atoms with E-state index in [-0.39, 0.29) is 11.8 Å². The lowest BCUT2D eigenvalue weighted by atomic mass is 10.1. The largest absolute Gasteiger partial charge is 0.495 e. The van der Waals surface area contributed by atoms with Crippen LogP contribution in [0.15, 0.2) is 42.5 Å². The van der Waals surface area contributed by atoms with Crippen molar-refractivity contribution in [3.05, 3.63) is 59.2 Å². The Morgan fingerprint density at radius 3 is 2.37 bits per heavy atom. The van der Waals surface area contributed by atoms with Gasteiger partial charge in [-0.1, -0.05) is 12.1 Å². The topological polar surface area (TPSA) is 58.6 Å². The van der Waals surface area contributed by atoms with Gasteiger partial charge in [0.1, 0.15) is 5.75 Å². The number of benzene rings is 2. The summed E-state index contributed by atoms with van der Waals surface area (Å²) in [6.45, 7) is 1.57. The first-order valence-electron chi connectivity index (χ1n) is 8.99. The quantitative estimate of drug-likeness (QED) is 0.816. The number of carbonyl (C=O) groups excluding carboxylic acids is 2. The highest BCUT2D eigenvalue weighted by atomic mass is 32.2. The molecule has 1 aliphatic rings. The molecule has 2 aromatic rings. The molecule has 1 fully saturated rings. The van der Waals surface area contributed by atoms with Crippen molar-refractivity contribution in [3.63, 3.8) is 0 Å². The lowest BCUT2D eigenvalue weighted by Crippen LogP contribution is -2.27. The minimum atomic E-state index is -0.227. The molecule has 1 heterocycles. The number of hydrogen-bond acceptors (Lipinski definition) is 4. The van der Waals surface area contributed by atoms with Crippen molar-refractivity contribution in [2.45, 2.75) is 18.6 Å². The van der Waals surface area contributed by atoms with Gasteiger partial charge in [0.15, 0.2) is 0 Å². The second kappa shape index (κ2) is 8.95. The Morgan fingerprint density at radius 1 is 1.07 bits per heavy atom. The number of likely N-dealkylation sites (tertiary alicyclic amines) is 1. The van der Waals surface area contributed by atoms with Gasteiger partial charge in [-0.25, -0.2) is 0 Å². The fraction of sp³-hybridized carbons (Fsp3) is 0.333. The van der Waals surface area contributed by atoms with Gasteiger partial charge in [0.05, 0.1) is 12.8 Å². The van der Waals surface area contributed by atoms with Crippen LogP contribution in [-0.2, 0) is 5.75 Å². The maximum Gasteiger partial charge on any atom is 0.255 e. The molecule has 142 valence electrons. The number of amides is 2. The van der Waals surface area contributed by atoms with Crippen molar-refractivity contribution >= 4 is 29.3 Å². The molecule has 0 aromatic heterocycles. The summed E-state index contributed by atoms with van der Waals surface area (Å²) < 4.78 is 5.35. The second-order valence-electron chi connectivity index (χ2n) is 6.50. The van der Waals surface area contributed by atoms with Crippen LogP contribution in [0.5, 0.6) is 5.75 Å². The average molecular weight is 385 g/mol. The highest BCUT2D eigenvalue weighted by molar-refractivity contribution is 7.97. The molecule has 1 N–H and O–H groups in total. The standard InChI is InChI=1S/C21H24N2O3S/c1-26-19-10-9-17(21(25)23-11-3-4-12-23)13-18(19)22-20(24)16-7-5-15(6-8-16)14-27-2/h5-10,13H,3-4,11-12,14H2,1-2H3,(H,22,24). The fourth-order valence-electron chi connectivity index (χ4n) is 3.15. The van der Waals surface area contributed by atoms with Crippen LogP contribution in [0, 0.1) is 0 Å². The van der Waals surface area contributed by atoms with Gasteiger partial charge in [0.25, 0.3) is 11.8 Å². The van der Waals surface area contributed by atoms with Crippen LogP contribution < -0.4 is 10.1 Å². The number of ether oxygens (including phenoxy) is 1. The molecule has 0 aliphatic carbocycles. The molecule has 1 saturated heterocycles. The summed E-state index contributed by atoms with van der Waals surface area (Å²) in [5, 5.41) is 2.88. The molecule has 5 nitrogen and oxygen atoms in total. The number of hydrogen-bond donors (Lipinski definition) is 1. The van der Waals surface area contributed by atoms with E-state index in [1.165, 1.54) is 5.56 Å². The molecule has 2 aromatic carbocycles. The smallest absolute Gasteiger partial charge is 0.255 e. The molecule has 0 atom stereocenters. The van der Waals surface area contributed by atoms with Crippen molar-refractivity contribution in [2.24, 2.45) is 0 Å². The van der Waals surface area contributed by atoms with Crippen molar-refractivity contribution in [3.8, 4) is 5.75 Å². The summed E-state index contributed by atoms with van der Waals surface area (Å²) in [5.41, 5.74) is 2.80. The highest BCUT2D eigenvalue weighted by Crippen LogP contribution is 2.27. The Kier molecular flexibility index (Phi) is 6.40. The minimum Gasteiger partial charge on any atom is -0.495 e. The van der Waals surface area contributed by atoms with E-state index in [9.17, 15) is 9.59 Å². The number of carbonyl (C=O) groups is 2. The first-order chi connectivity index (χ1) is 13.1. The van der Waals surface area contributed by atoms with E-state index in [0.29, 0.717) is 22.6 Å². The summed E-state index contributed by atoms with van der Waals surface area (Å²) in [6.07, 6.45) is 4.12. The number of thioether (sulfide) groups is 1. The van der Waals surface area contributed by atoms with Crippen LogP contribution in [-0.4, -0.2) is 43.2 Å². The average Bonchev–Trinajstić information content (AvgIpc) is 3.23. The molecule has 0 radical (unpaired) electrons. The van der Waals surface area contributed by atoms with Gasteiger partial charge in [-0.15, -0.1) is 0 Å². The Bertz CT molecular complexity index is 815. The second-order valence-corrected chi connectivity index (χ2v) is 7.36. The molecule has 1 aliphatic heterocycles. The first-order valence-corrected chi connectivity index (χ1v) is 10.4. The van der Waals surface area contributed by atoms with Gasteiger partial charge < -0.3 is 15.0 Å². The lowest BCUT2D eigenvalue weighted by molar-refractivity contribution is 0.0792. The molecular formula is C21H24N2O3S. The summed E-state index contributed by atoms with van der Waals surface area (Å²) in [4.78, 5) is 27.1. The van der Waals surface area contributed by atoms with Gasteiger partial charge in [-0.05, 0) is 55.0 Å². The zero-order chi connectivity index (χ0) is 19.2. The number of nitrogens with one attached hydrogen (secondary N) is 1. The van der Waals surface area contributed by atoms with Crippen molar-refractivity contribution in [1.29, 1.82) is 0 Å². The minimum absolute atomic E-state index is 0.00734. The van der Waals surface area contributed by atoms with Crippen LogP contribution >= 0.6 is 11.8 Å². The monoisotopic (exact) mass is 384 g/mol. The van der Waals surface area contributed by atoms with E-state index in [1.807, 2.05) is 35.4 Å². The van der Waals surface area contributed by atoms with Gasteiger partial charge in [0, 0.05) is 30.0 Å². The van der Waals surface area contributed by atoms with Crippen molar-refractivity contribution in [1.82, 2.24) is 4.90 Å². The van der Waals surface area contributed by atoms with Crippen LogP contribution in [0.3, 0.4) is 0 Å². The molecular weight excluding hydrogens is 360 g/mol. The van der Waals surface area contributed by atoms with Gasteiger partial charge in [0.2, 0.25) is 0 Å². The lowest BCUT2D eigenvalue weighted by Gasteiger charge is -2.17. The first kappa shape index (κ1) is 19.3. The van der Waals surface area contributed by atoms with Gasteiger partial charge in [-0.3, -0.25) is 9.59 Å². The Morgan fingerprint density at radius 2 is 1.74 bits per heavy atom. The maximum atomic E-state index is 12.6. The predicted molar refractivity (Wildman–Crippen MR) is 110 cm³/mol. The molecule has 0 bridgehead atoms. The maximum absolute atomic E-state index is 12.6. The molecule has 6 heteroatoms. The zero-order valence-corrected chi connectivity index (χ0v) is 16.5. The van der Waals surface area contributed by atoms with E-state index >= 15 is 0 Å². The van der Waals surface area contributed by atoms with Crippen LogP contribution in [0.4, 0.5) is 5.69 Å². The van der Waals surface area contributed by atoms with E-state index in [1.54, 1.807) is 37.1 Å². The third kappa shape index (κ3) is 4.63. The van der Waals surface area contributed by atoms with Gasteiger partial charge >= 0.3 is 0 Å². The highest BCUT2D eigenvalue weighted by Gasteiger charge is 2.21. The number of rotatable bonds is 6. The molecule has 0 spiro atoms. The van der Waals surface area contributed by atoms with Gasteiger partial charge in [-0.2, -0.15) is 11.8 Å².